The van der Waals surface area contributed by atoms with E-state index in [1.807, 2.05) is 0 Å². The second kappa shape index (κ2) is 5.38. The Kier molecular flexibility index (Phi) is 4.08. The molecule has 0 bridgehead atoms. The Morgan fingerprint density at radius 2 is 1.76 bits per heavy atom. The van der Waals surface area contributed by atoms with Crippen LogP contribution in [0.1, 0.15) is 52.4 Å². The molecule has 1 N–H and O–H groups in total. The minimum absolute atomic E-state index is 0.0403. The van der Waals surface area contributed by atoms with Crippen molar-refractivity contribution in [1.29, 1.82) is 0 Å². The molecule has 2 rings (SSSR count). The van der Waals surface area contributed by atoms with Crippen LogP contribution in [0, 0.1) is 11.3 Å². The van der Waals surface area contributed by atoms with E-state index in [0.717, 1.165) is 44.7 Å². The van der Waals surface area contributed by atoms with E-state index in [4.69, 9.17) is 4.74 Å². The molecule has 2 aliphatic rings. The van der Waals surface area contributed by atoms with Crippen molar-refractivity contribution < 1.29 is 9.53 Å². The normalized spacial score (nSPS) is 33.1. The van der Waals surface area contributed by atoms with Crippen LogP contribution in [0.4, 0.5) is 0 Å². The van der Waals surface area contributed by atoms with E-state index < -0.39 is 0 Å². The summed E-state index contributed by atoms with van der Waals surface area (Å²) in [6.45, 7) is 6.22. The third-order valence-corrected chi connectivity index (χ3v) is 4.44. The van der Waals surface area contributed by atoms with Gasteiger partial charge < -0.3 is 10.1 Å². The smallest absolute Gasteiger partial charge is 0.312 e. The van der Waals surface area contributed by atoms with Crippen molar-refractivity contribution >= 4 is 5.97 Å². The first-order valence-electron chi connectivity index (χ1n) is 7.02. The summed E-state index contributed by atoms with van der Waals surface area (Å²) in [5.74, 6) is 0.845. The van der Waals surface area contributed by atoms with Crippen LogP contribution in [-0.2, 0) is 9.53 Å². The first-order valence-corrected chi connectivity index (χ1v) is 7.02. The molecule has 1 aliphatic carbocycles. The van der Waals surface area contributed by atoms with Crippen molar-refractivity contribution in [1.82, 2.24) is 5.32 Å². The van der Waals surface area contributed by atoms with Gasteiger partial charge in [0.2, 0.25) is 0 Å². The molecule has 0 atom stereocenters. The lowest BCUT2D eigenvalue weighted by atomic mass is 9.81. The Hall–Kier alpha value is -0.570. The second-order valence-corrected chi connectivity index (χ2v) is 6.10. The molecule has 0 spiro atoms. The minimum atomic E-state index is -0.242. The molecule has 0 aromatic heterocycles. The lowest BCUT2D eigenvalue weighted by molar-refractivity contribution is -0.164. The minimum Gasteiger partial charge on any atom is -0.462 e. The van der Waals surface area contributed by atoms with Gasteiger partial charge in [-0.3, -0.25) is 4.79 Å². The molecule has 0 unspecified atom stereocenters. The van der Waals surface area contributed by atoms with Crippen molar-refractivity contribution in [3.8, 4) is 0 Å². The van der Waals surface area contributed by atoms with Gasteiger partial charge in [-0.05, 0) is 64.5 Å². The monoisotopic (exact) mass is 239 g/mol. The number of rotatable bonds is 2. The van der Waals surface area contributed by atoms with Crippen LogP contribution in [0.2, 0.25) is 0 Å². The largest absolute Gasteiger partial charge is 0.462 e. The van der Waals surface area contributed by atoms with Gasteiger partial charge in [-0.1, -0.05) is 6.92 Å². The third-order valence-electron chi connectivity index (χ3n) is 4.44. The topological polar surface area (TPSA) is 38.3 Å². The van der Waals surface area contributed by atoms with Gasteiger partial charge in [-0.2, -0.15) is 0 Å². The van der Waals surface area contributed by atoms with E-state index in [-0.39, 0.29) is 17.5 Å². The van der Waals surface area contributed by atoms with Gasteiger partial charge in [0, 0.05) is 0 Å². The number of carbonyl (C=O) groups is 1. The van der Waals surface area contributed by atoms with E-state index >= 15 is 0 Å². The molecule has 1 heterocycles. The van der Waals surface area contributed by atoms with Gasteiger partial charge in [0.15, 0.2) is 0 Å². The zero-order chi connectivity index (χ0) is 12.3. The maximum absolute atomic E-state index is 12.2. The van der Waals surface area contributed by atoms with Gasteiger partial charge in [0.05, 0.1) is 5.41 Å². The molecule has 0 aromatic rings. The van der Waals surface area contributed by atoms with Crippen molar-refractivity contribution in [2.75, 3.05) is 13.1 Å². The molecule has 0 aromatic carbocycles. The predicted octanol–water partition coefficient (Wildman–Crippen LogP) is 2.50. The molecule has 1 saturated heterocycles. The van der Waals surface area contributed by atoms with Crippen LogP contribution in [-0.4, -0.2) is 25.2 Å². The van der Waals surface area contributed by atoms with Crippen molar-refractivity contribution in [3.63, 3.8) is 0 Å². The standard InChI is InChI=1S/C14H25NO2/c1-11-3-5-12(6-4-11)17-13(16)14(2)7-9-15-10-8-14/h11-12,15H,3-10H2,1-2H3. The van der Waals surface area contributed by atoms with E-state index in [2.05, 4.69) is 19.2 Å². The summed E-state index contributed by atoms with van der Waals surface area (Å²) in [4.78, 5) is 12.2. The highest BCUT2D eigenvalue weighted by Crippen LogP contribution is 2.32. The number of hydrogen-bond acceptors (Lipinski definition) is 3. The molecule has 3 heteroatoms. The van der Waals surface area contributed by atoms with Crippen molar-refractivity contribution in [2.24, 2.45) is 11.3 Å². The average Bonchev–Trinajstić information content (AvgIpc) is 2.33. The number of ether oxygens (including phenoxy) is 1. The summed E-state index contributed by atoms with van der Waals surface area (Å²) in [6.07, 6.45) is 6.53. The van der Waals surface area contributed by atoms with E-state index in [0.29, 0.717) is 0 Å². The lowest BCUT2D eigenvalue weighted by Crippen LogP contribution is -2.42. The summed E-state index contributed by atoms with van der Waals surface area (Å²) in [6, 6.07) is 0. The number of nitrogens with one attached hydrogen (secondary N) is 1. The molecule has 0 amide bonds. The average molecular weight is 239 g/mol. The fourth-order valence-electron chi connectivity index (χ4n) is 2.82. The molecule has 1 saturated carbocycles. The summed E-state index contributed by atoms with van der Waals surface area (Å²) < 4.78 is 5.72. The molecular weight excluding hydrogens is 214 g/mol. The fraction of sp³-hybridized carbons (Fsp3) is 0.929. The van der Waals surface area contributed by atoms with Crippen LogP contribution < -0.4 is 5.32 Å². The Bertz CT molecular complexity index is 263. The fourth-order valence-corrected chi connectivity index (χ4v) is 2.82. The molecular formula is C14H25NO2. The van der Waals surface area contributed by atoms with E-state index in [9.17, 15) is 4.79 Å². The van der Waals surface area contributed by atoms with Crippen molar-refractivity contribution in [3.05, 3.63) is 0 Å². The van der Waals surface area contributed by atoms with Crippen LogP contribution in [0.3, 0.4) is 0 Å². The van der Waals surface area contributed by atoms with Crippen molar-refractivity contribution in [2.45, 2.75) is 58.5 Å². The zero-order valence-corrected chi connectivity index (χ0v) is 11.1. The van der Waals surface area contributed by atoms with Gasteiger partial charge in [-0.15, -0.1) is 0 Å². The van der Waals surface area contributed by atoms with Crippen LogP contribution >= 0.6 is 0 Å². The van der Waals surface area contributed by atoms with Gasteiger partial charge in [0.25, 0.3) is 0 Å². The molecule has 2 fully saturated rings. The highest BCUT2D eigenvalue weighted by molar-refractivity contribution is 5.76. The van der Waals surface area contributed by atoms with Crippen LogP contribution in [0.25, 0.3) is 0 Å². The number of hydrogen-bond donors (Lipinski definition) is 1. The molecule has 1 aliphatic heterocycles. The molecule has 3 nitrogen and oxygen atoms in total. The van der Waals surface area contributed by atoms with Gasteiger partial charge in [-0.25, -0.2) is 0 Å². The number of carbonyl (C=O) groups excluding carboxylic acids is 1. The van der Waals surface area contributed by atoms with Crippen LogP contribution in [0.5, 0.6) is 0 Å². The Morgan fingerprint density at radius 3 is 2.35 bits per heavy atom. The third kappa shape index (κ3) is 3.21. The Morgan fingerprint density at radius 1 is 1.18 bits per heavy atom. The molecule has 17 heavy (non-hydrogen) atoms. The highest BCUT2D eigenvalue weighted by Gasteiger charge is 2.37. The SMILES string of the molecule is CC1CCC(OC(=O)C2(C)CCNCC2)CC1. The Balaban J connectivity index is 1.83. The highest BCUT2D eigenvalue weighted by atomic mass is 16.5. The number of piperidine rings is 1. The van der Waals surface area contributed by atoms with Gasteiger partial charge >= 0.3 is 5.97 Å². The second-order valence-electron chi connectivity index (χ2n) is 6.10. The molecule has 0 radical (unpaired) electrons. The van der Waals surface area contributed by atoms with E-state index in [1.54, 1.807) is 0 Å². The van der Waals surface area contributed by atoms with Gasteiger partial charge in [0.1, 0.15) is 6.10 Å². The predicted molar refractivity (Wildman–Crippen MR) is 67.7 cm³/mol. The maximum Gasteiger partial charge on any atom is 0.312 e. The summed E-state index contributed by atoms with van der Waals surface area (Å²) in [5, 5.41) is 3.30. The first-order chi connectivity index (χ1) is 8.10. The lowest BCUT2D eigenvalue weighted by Gasteiger charge is -2.34. The quantitative estimate of drug-likeness (QED) is 0.752. The first kappa shape index (κ1) is 12.9. The summed E-state index contributed by atoms with van der Waals surface area (Å²) >= 11 is 0. The molecule has 98 valence electrons. The maximum atomic E-state index is 12.2. The Labute approximate surface area is 104 Å². The summed E-state index contributed by atoms with van der Waals surface area (Å²) in [5.41, 5.74) is -0.242. The van der Waals surface area contributed by atoms with E-state index in [1.165, 1.54) is 12.8 Å². The summed E-state index contributed by atoms with van der Waals surface area (Å²) in [7, 11) is 0. The zero-order valence-electron chi connectivity index (χ0n) is 11.1. The van der Waals surface area contributed by atoms with Crippen LogP contribution in [0.15, 0.2) is 0 Å². The number of esters is 1.